The lowest BCUT2D eigenvalue weighted by Crippen LogP contribution is -2.61. The third-order valence-electron chi connectivity index (χ3n) is 23.8. The average molecular weight is 1480 g/mol. The molecular weight excluding hydrogens is 1400 g/mol. The van der Waals surface area contributed by atoms with Crippen LogP contribution in [0.4, 0.5) is 34.1 Å². The Morgan fingerprint density at radius 1 is 0.216 bits per heavy atom. The van der Waals surface area contributed by atoms with E-state index >= 15 is 0 Å². The van der Waals surface area contributed by atoms with Crippen molar-refractivity contribution in [1.29, 1.82) is 0 Å². The molecule has 0 aliphatic carbocycles. The van der Waals surface area contributed by atoms with Crippen molar-refractivity contribution in [3.05, 3.63) is 430 Å². The second-order valence-electron chi connectivity index (χ2n) is 31.8. The molecule has 3 heterocycles. The highest BCUT2D eigenvalue weighted by molar-refractivity contribution is 7.00. The van der Waals surface area contributed by atoms with Crippen molar-refractivity contribution >= 4 is 79.2 Å². The number of anilines is 6. The summed E-state index contributed by atoms with van der Waals surface area (Å²) in [7, 11) is 0. The average Bonchev–Trinajstić information content (AvgIpc) is 0.692. The summed E-state index contributed by atoms with van der Waals surface area (Å²) in [6, 6.07) is 158. The van der Waals surface area contributed by atoms with Crippen LogP contribution in [0.3, 0.4) is 0 Å². The van der Waals surface area contributed by atoms with Gasteiger partial charge in [-0.25, -0.2) is 0 Å². The Labute approximate surface area is 678 Å². The van der Waals surface area contributed by atoms with Crippen LogP contribution >= 0.6 is 0 Å². The Morgan fingerprint density at radius 2 is 0.500 bits per heavy atom. The first kappa shape index (κ1) is 69.4. The summed E-state index contributed by atoms with van der Waals surface area (Å²) in [5, 5.41) is 2.18. The second kappa shape index (κ2) is 28.9. The molecule has 0 N–H and O–H groups in total. The molecular formula is C112H79BN2O. The van der Waals surface area contributed by atoms with E-state index in [2.05, 4.69) is 455 Å². The fourth-order valence-electron chi connectivity index (χ4n) is 18.1. The molecule has 0 saturated heterocycles. The molecule has 0 unspecified atom stereocenters. The molecule has 0 atom stereocenters. The molecule has 19 aromatic rings. The molecule has 0 fully saturated rings. The smallest absolute Gasteiger partial charge is 0.252 e. The number of furan rings is 1. The molecule has 2 aliphatic rings. The van der Waals surface area contributed by atoms with Gasteiger partial charge in [-0.1, -0.05) is 367 Å². The molecule has 0 bridgehead atoms. The zero-order valence-corrected chi connectivity index (χ0v) is 64.8. The van der Waals surface area contributed by atoms with E-state index < -0.39 is 0 Å². The molecule has 21 rings (SSSR count). The van der Waals surface area contributed by atoms with Crippen LogP contribution in [0.25, 0.3) is 155 Å². The Bertz CT molecular complexity index is 6750. The number of para-hydroxylation sites is 2. The number of nitrogens with zero attached hydrogens (tertiary/aromatic N) is 2. The first-order valence-electron chi connectivity index (χ1n) is 40.3. The van der Waals surface area contributed by atoms with Crippen LogP contribution in [0.1, 0.15) is 26.3 Å². The molecule has 116 heavy (non-hydrogen) atoms. The Hall–Kier alpha value is -14.6. The third kappa shape index (κ3) is 12.4. The molecule has 0 amide bonds. The van der Waals surface area contributed by atoms with Gasteiger partial charge in [-0.05, 0) is 212 Å². The van der Waals surface area contributed by atoms with Gasteiger partial charge in [0.1, 0.15) is 11.2 Å². The SMILES string of the molecule is CC(C)(C)c1cc2c3c(c1)N(c1c(-c4cccc(-c5ccccc5)c4)cc(-c4ccccc4)cc1-c1cccc(-c4ccccc4)c1)c1ccc(-c4cccc5c4oc4ccccc45)cc1B3c1cc(-c3ccccc3)ccc1N2c1c(-c2cccc(-c3ccccc3)c2)cc(-c2ccccc2)cc1-c1cccc(-c2ccccc2)c1. The lowest BCUT2D eigenvalue weighted by atomic mass is 9.33. The Balaban J connectivity index is 0.941. The van der Waals surface area contributed by atoms with Crippen molar-refractivity contribution in [2.75, 3.05) is 9.80 Å². The predicted molar refractivity (Wildman–Crippen MR) is 492 cm³/mol. The summed E-state index contributed by atoms with van der Waals surface area (Å²) in [5.74, 6) is 0. The van der Waals surface area contributed by atoms with E-state index in [0.717, 1.165) is 190 Å². The number of hydrogen-bond donors (Lipinski definition) is 0. The van der Waals surface area contributed by atoms with Gasteiger partial charge in [0.2, 0.25) is 0 Å². The molecule has 546 valence electrons. The maximum Gasteiger partial charge on any atom is 0.252 e. The van der Waals surface area contributed by atoms with Crippen LogP contribution in [0.2, 0.25) is 0 Å². The molecule has 4 heteroatoms. The van der Waals surface area contributed by atoms with Crippen molar-refractivity contribution in [1.82, 2.24) is 0 Å². The highest BCUT2D eigenvalue weighted by Crippen LogP contribution is 2.56. The van der Waals surface area contributed by atoms with Gasteiger partial charge in [0.05, 0.1) is 11.4 Å². The van der Waals surface area contributed by atoms with E-state index in [1.165, 1.54) is 22.0 Å². The zero-order chi connectivity index (χ0) is 77.4. The topological polar surface area (TPSA) is 19.6 Å². The van der Waals surface area contributed by atoms with Crippen LogP contribution in [-0.4, -0.2) is 6.71 Å². The van der Waals surface area contributed by atoms with Crippen LogP contribution in [0.15, 0.2) is 429 Å². The quantitative estimate of drug-likeness (QED) is 0.101. The summed E-state index contributed by atoms with van der Waals surface area (Å²) in [5.41, 5.74) is 39.5. The van der Waals surface area contributed by atoms with Crippen molar-refractivity contribution in [2.24, 2.45) is 0 Å². The standard InChI is InChI=1S/C112H79BN2O/c1-112(2,3)93-72-105-108-106(73-93)115(110-99(88-52-29-48-83(64-88)76-36-15-6-16-37-76)68-92(80-44-23-10-24-45-80)69-100(110)89-53-30-49-84(65-89)77-38-17-7-18-39-77)104-61-59-90(94-55-31-56-96-95-54-25-26-57-107(95)116-111(94)96)71-102(104)113(108)101-70-85(78-40-19-8-20-41-78)58-60-103(101)114(105)109-97(86-50-27-46-81(62-86)74-32-11-4-12-33-74)66-91(79-42-21-9-22-43-79)67-98(109)87-51-28-47-82(63-87)75-34-13-5-14-35-75/h4-73H,1-3H3. The summed E-state index contributed by atoms with van der Waals surface area (Å²) < 4.78 is 7.08. The summed E-state index contributed by atoms with van der Waals surface area (Å²) in [6.45, 7) is 6.83. The number of hydrogen-bond acceptors (Lipinski definition) is 3. The maximum absolute atomic E-state index is 7.08. The van der Waals surface area contributed by atoms with Crippen LogP contribution in [0, 0.1) is 0 Å². The van der Waals surface area contributed by atoms with E-state index in [1.807, 2.05) is 0 Å². The first-order chi connectivity index (χ1) is 57.2. The largest absolute Gasteiger partial charge is 0.455 e. The van der Waals surface area contributed by atoms with Crippen LogP contribution in [0.5, 0.6) is 0 Å². The molecule has 1 aromatic heterocycles. The predicted octanol–water partition coefficient (Wildman–Crippen LogP) is 29.0. The number of fused-ring (bicyclic) bond motifs is 7. The van der Waals surface area contributed by atoms with Gasteiger partial charge in [0.25, 0.3) is 6.71 Å². The van der Waals surface area contributed by atoms with Crippen molar-refractivity contribution in [3.63, 3.8) is 0 Å². The zero-order valence-electron chi connectivity index (χ0n) is 64.8. The summed E-state index contributed by atoms with van der Waals surface area (Å²) in [6.07, 6.45) is 0. The van der Waals surface area contributed by atoms with E-state index in [0.29, 0.717) is 0 Å². The Kier molecular flexibility index (Phi) is 17.3. The van der Waals surface area contributed by atoms with E-state index in [-0.39, 0.29) is 12.1 Å². The summed E-state index contributed by atoms with van der Waals surface area (Å²) in [4.78, 5) is 5.43. The normalized spacial score (nSPS) is 12.2. The van der Waals surface area contributed by atoms with Crippen molar-refractivity contribution in [2.45, 2.75) is 26.2 Å². The molecule has 3 nitrogen and oxygen atoms in total. The molecule has 2 aliphatic heterocycles. The minimum Gasteiger partial charge on any atom is -0.455 e. The molecule has 18 aromatic carbocycles. The first-order valence-corrected chi connectivity index (χ1v) is 40.3. The molecule has 0 radical (unpaired) electrons. The highest BCUT2D eigenvalue weighted by atomic mass is 16.3. The van der Waals surface area contributed by atoms with Crippen molar-refractivity contribution in [3.8, 4) is 134 Å². The van der Waals surface area contributed by atoms with E-state index in [9.17, 15) is 0 Å². The fraction of sp³-hybridized carbons (Fsp3) is 0.0357. The molecule has 0 spiro atoms. The van der Waals surface area contributed by atoms with Gasteiger partial charge in [-0.3, -0.25) is 0 Å². The maximum atomic E-state index is 7.08. The molecule has 0 saturated carbocycles. The van der Waals surface area contributed by atoms with Gasteiger partial charge < -0.3 is 14.2 Å². The van der Waals surface area contributed by atoms with E-state index in [1.54, 1.807) is 0 Å². The second-order valence-corrected chi connectivity index (χ2v) is 31.8. The van der Waals surface area contributed by atoms with Gasteiger partial charge in [-0.2, -0.15) is 0 Å². The highest BCUT2D eigenvalue weighted by Gasteiger charge is 2.47. The monoisotopic (exact) mass is 1480 g/mol. The van der Waals surface area contributed by atoms with E-state index in [4.69, 9.17) is 4.42 Å². The van der Waals surface area contributed by atoms with Gasteiger partial charge >= 0.3 is 0 Å². The summed E-state index contributed by atoms with van der Waals surface area (Å²) >= 11 is 0. The lowest BCUT2D eigenvalue weighted by molar-refractivity contribution is 0.590. The number of rotatable bonds is 14. The minimum absolute atomic E-state index is 0.346. The van der Waals surface area contributed by atoms with Gasteiger partial charge in [0.15, 0.2) is 0 Å². The van der Waals surface area contributed by atoms with Crippen LogP contribution < -0.4 is 26.2 Å². The Morgan fingerprint density at radius 3 is 0.871 bits per heavy atom. The van der Waals surface area contributed by atoms with Gasteiger partial charge in [-0.15, -0.1) is 0 Å². The van der Waals surface area contributed by atoms with Gasteiger partial charge in [0, 0.05) is 61.3 Å². The van der Waals surface area contributed by atoms with Crippen LogP contribution in [-0.2, 0) is 5.41 Å². The van der Waals surface area contributed by atoms with Crippen molar-refractivity contribution < 1.29 is 4.42 Å². The number of benzene rings is 18. The third-order valence-corrected chi connectivity index (χ3v) is 23.8. The minimum atomic E-state index is -0.390. The lowest BCUT2D eigenvalue weighted by Gasteiger charge is -2.46. The fourth-order valence-corrected chi connectivity index (χ4v) is 18.1.